The van der Waals surface area contributed by atoms with Crippen LogP contribution in [0.4, 0.5) is 0 Å². The van der Waals surface area contributed by atoms with E-state index >= 15 is 0 Å². The number of carbonyl (C=O) groups is 1. The number of fused-ring (bicyclic) bond motifs is 7. The van der Waals surface area contributed by atoms with Crippen molar-refractivity contribution < 1.29 is 14.6 Å². The van der Waals surface area contributed by atoms with Crippen molar-refractivity contribution in [1.29, 1.82) is 0 Å². The number of carbonyl (C=O) groups excluding carboxylic acids is 1. The van der Waals surface area contributed by atoms with Crippen LogP contribution in [-0.4, -0.2) is 23.8 Å². The molecule has 5 rings (SSSR count). The van der Waals surface area contributed by atoms with E-state index < -0.39 is 0 Å². The molecule has 34 heavy (non-hydrogen) atoms. The highest BCUT2D eigenvalue weighted by Gasteiger charge is 2.70. The Bertz CT molecular complexity index is 850. The van der Waals surface area contributed by atoms with Crippen LogP contribution in [0.3, 0.4) is 0 Å². The highest BCUT2D eigenvalue weighted by molar-refractivity contribution is 5.65. The number of aliphatic hydroxyl groups excluding tert-OH is 1. The quantitative estimate of drug-likeness (QED) is 0.351. The maximum absolute atomic E-state index is 11.8. The first-order chi connectivity index (χ1) is 15.9. The molecule has 5 fully saturated rings. The maximum atomic E-state index is 11.8. The lowest BCUT2D eigenvalue weighted by atomic mass is 9.33. The van der Waals surface area contributed by atoms with Gasteiger partial charge in [-0.2, -0.15) is 0 Å². The van der Waals surface area contributed by atoms with Gasteiger partial charge in [0.15, 0.2) is 0 Å². The van der Waals surface area contributed by atoms with Crippen molar-refractivity contribution in [3.63, 3.8) is 0 Å². The molecule has 0 amide bonds. The lowest BCUT2D eigenvalue weighted by molar-refractivity contribution is -0.238. The summed E-state index contributed by atoms with van der Waals surface area (Å²) in [6.45, 7) is 19.1. The van der Waals surface area contributed by atoms with Crippen LogP contribution in [0.2, 0.25) is 0 Å². The molecule has 0 aromatic rings. The molecule has 192 valence electrons. The summed E-state index contributed by atoms with van der Waals surface area (Å²) in [6, 6.07) is 0. The summed E-state index contributed by atoms with van der Waals surface area (Å²) < 4.78 is 5.77. The van der Waals surface area contributed by atoms with Gasteiger partial charge in [-0.25, -0.2) is 0 Å². The van der Waals surface area contributed by atoms with Gasteiger partial charge in [0.25, 0.3) is 0 Å². The Balaban J connectivity index is 1.52. The number of rotatable bonds is 3. The zero-order valence-corrected chi connectivity index (χ0v) is 22.8. The third-order valence-corrected chi connectivity index (χ3v) is 13.4. The van der Waals surface area contributed by atoms with E-state index in [0.29, 0.717) is 52.4 Å². The van der Waals surface area contributed by atoms with Crippen molar-refractivity contribution in [2.75, 3.05) is 6.61 Å². The van der Waals surface area contributed by atoms with Crippen molar-refractivity contribution in [2.24, 2.45) is 57.2 Å². The Morgan fingerprint density at radius 2 is 1.65 bits per heavy atom. The average molecular weight is 471 g/mol. The van der Waals surface area contributed by atoms with Gasteiger partial charge in [-0.3, -0.25) is 4.79 Å². The van der Waals surface area contributed by atoms with E-state index in [2.05, 4.69) is 41.2 Å². The van der Waals surface area contributed by atoms with E-state index in [1.165, 1.54) is 63.4 Å². The summed E-state index contributed by atoms with van der Waals surface area (Å²) in [4.78, 5) is 11.8. The standard InChI is InChI=1S/C31H50O3/c1-19(2)22-10-15-31(18-34-21(4)32)17-16-29(6)24(27(22)31)8-9-26-28(5)13-12-25(33)20(3)23(28)11-14-30(26,29)7/h20,22-27,33H,1,8-18H2,2-7H3/t20-,22?,23?,24?,25+,26?,27?,28+,29-,30-,31-/m1/s1. The van der Waals surface area contributed by atoms with Crippen molar-refractivity contribution in [3.8, 4) is 0 Å². The Hall–Kier alpha value is -0.830. The summed E-state index contributed by atoms with van der Waals surface area (Å²) in [5, 5.41) is 10.7. The number of hydrogen-bond donors (Lipinski definition) is 1. The molecule has 0 spiro atoms. The second-order valence-electron chi connectivity index (χ2n) is 14.3. The average Bonchev–Trinajstić information content (AvgIpc) is 3.16. The van der Waals surface area contributed by atoms with E-state index in [1.54, 1.807) is 6.92 Å². The Kier molecular flexibility index (Phi) is 5.91. The largest absolute Gasteiger partial charge is 0.465 e. The fourth-order valence-electron chi connectivity index (χ4n) is 11.4. The van der Waals surface area contributed by atoms with Gasteiger partial charge in [0.05, 0.1) is 12.7 Å². The van der Waals surface area contributed by atoms with Crippen molar-refractivity contribution in [2.45, 2.75) is 112 Å². The van der Waals surface area contributed by atoms with Gasteiger partial charge >= 0.3 is 5.97 Å². The molecule has 5 unspecified atom stereocenters. The predicted molar refractivity (Wildman–Crippen MR) is 137 cm³/mol. The predicted octanol–water partition coefficient (Wildman–Crippen LogP) is 7.18. The molecular weight excluding hydrogens is 420 g/mol. The van der Waals surface area contributed by atoms with Crippen LogP contribution >= 0.6 is 0 Å². The highest BCUT2D eigenvalue weighted by atomic mass is 16.5. The van der Waals surface area contributed by atoms with Crippen LogP contribution in [0.15, 0.2) is 12.2 Å². The number of aliphatic hydroxyl groups is 1. The smallest absolute Gasteiger partial charge is 0.302 e. The second kappa shape index (κ2) is 8.09. The van der Waals surface area contributed by atoms with Gasteiger partial charge in [0, 0.05) is 12.3 Å². The molecule has 3 nitrogen and oxygen atoms in total. The molecule has 5 saturated carbocycles. The number of esters is 1. The highest BCUT2D eigenvalue weighted by Crippen LogP contribution is 2.76. The minimum absolute atomic E-state index is 0.110. The minimum Gasteiger partial charge on any atom is -0.465 e. The van der Waals surface area contributed by atoms with Crippen molar-refractivity contribution in [1.82, 2.24) is 0 Å². The third-order valence-electron chi connectivity index (χ3n) is 13.4. The van der Waals surface area contributed by atoms with Crippen LogP contribution in [0.5, 0.6) is 0 Å². The molecule has 5 aliphatic rings. The first kappa shape index (κ1) is 24.8. The van der Waals surface area contributed by atoms with Gasteiger partial charge < -0.3 is 9.84 Å². The van der Waals surface area contributed by atoms with Crippen molar-refractivity contribution in [3.05, 3.63) is 12.2 Å². The SMILES string of the molecule is C=C(C)C1CC[C@]2(COC(C)=O)CC[C@]3(C)C(CCC4[C@@]5(C)CC[C@H](O)[C@H](C)C5CC[C@]43C)C12. The topological polar surface area (TPSA) is 46.5 Å². The van der Waals surface area contributed by atoms with Crippen LogP contribution in [0.25, 0.3) is 0 Å². The molecule has 0 saturated heterocycles. The van der Waals surface area contributed by atoms with Gasteiger partial charge in [-0.1, -0.05) is 39.8 Å². The Morgan fingerprint density at radius 1 is 0.912 bits per heavy atom. The van der Waals surface area contributed by atoms with Crippen LogP contribution in [0, 0.1) is 57.2 Å². The molecule has 0 bridgehead atoms. The van der Waals surface area contributed by atoms with Crippen LogP contribution in [-0.2, 0) is 9.53 Å². The zero-order valence-electron chi connectivity index (χ0n) is 22.8. The summed E-state index contributed by atoms with van der Waals surface area (Å²) in [7, 11) is 0. The molecule has 11 atom stereocenters. The van der Waals surface area contributed by atoms with Gasteiger partial charge in [-0.05, 0) is 123 Å². The second-order valence-corrected chi connectivity index (χ2v) is 14.3. The molecule has 5 aliphatic carbocycles. The third kappa shape index (κ3) is 3.20. The fraction of sp³-hybridized carbons (Fsp3) is 0.903. The Morgan fingerprint density at radius 3 is 2.32 bits per heavy atom. The number of allylic oxidation sites excluding steroid dienone is 1. The van der Waals surface area contributed by atoms with E-state index in [0.717, 1.165) is 12.3 Å². The lowest BCUT2D eigenvalue weighted by Crippen LogP contribution is -2.65. The van der Waals surface area contributed by atoms with Crippen molar-refractivity contribution >= 4 is 5.97 Å². The summed E-state index contributed by atoms with van der Waals surface area (Å²) in [6.07, 6.45) is 12.1. The summed E-state index contributed by atoms with van der Waals surface area (Å²) in [5.74, 6) is 3.57. The monoisotopic (exact) mass is 470 g/mol. The first-order valence-electron chi connectivity index (χ1n) is 14.4. The van der Waals surface area contributed by atoms with E-state index in [9.17, 15) is 9.90 Å². The van der Waals surface area contributed by atoms with Gasteiger partial charge in [0.2, 0.25) is 0 Å². The molecule has 0 heterocycles. The molecule has 1 N–H and O–H groups in total. The Labute approximate surface area is 208 Å². The van der Waals surface area contributed by atoms with E-state index in [1.807, 2.05) is 0 Å². The summed E-state index contributed by atoms with van der Waals surface area (Å²) >= 11 is 0. The van der Waals surface area contributed by atoms with E-state index in [-0.39, 0.29) is 17.5 Å². The fourth-order valence-corrected chi connectivity index (χ4v) is 11.4. The van der Waals surface area contributed by atoms with Crippen LogP contribution < -0.4 is 0 Å². The molecule has 0 aromatic carbocycles. The van der Waals surface area contributed by atoms with Crippen LogP contribution in [0.1, 0.15) is 106 Å². The number of hydrogen-bond acceptors (Lipinski definition) is 3. The minimum atomic E-state index is -0.129. The maximum Gasteiger partial charge on any atom is 0.302 e. The summed E-state index contributed by atoms with van der Waals surface area (Å²) in [5.41, 5.74) is 2.52. The lowest BCUT2D eigenvalue weighted by Gasteiger charge is -2.72. The van der Waals surface area contributed by atoms with Gasteiger partial charge in [-0.15, -0.1) is 0 Å². The van der Waals surface area contributed by atoms with Gasteiger partial charge in [0.1, 0.15) is 0 Å². The molecule has 0 aromatic heterocycles. The first-order valence-corrected chi connectivity index (χ1v) is 14.4. The molecular formula is C31H50O3. The zero-order chi connectivity index (χ0) is 24.7. The number of ether oxygens (including phenoxy) is 1. The van der Waals surface area contributed by atoms with E-state index in [4.69, 9.17) is 4.74 Å². The normalized spacial score (nSPS) is 54.3. The molecule has 0 radical (unpaired) electrons. The molecule has 3 heteroatoms. The molecule has 0 aliphatic heterocycles.